The molecular formula is C7H13N5O. The van der Waals surface area contributed by atoms with Gasteiger partial charge in [-0.1, -0.05) is 0 Å². The molecule has 0 aromatic carbocycles. The van der Waals surface area contributed by atoms with E-state index in [-0.39, 0.29) is 0 Å². The molecule has 3 N–H and O–H groups in total. The standard InChI is InChI=1S/C7H13N5O/c1-5-6(11-13)7(9-4-3-8)12(2)10-5/h9H,3-4,8H2,1-2H3. The summed E-state index contributed by atoms with van der Waals surface area (Å²) in [7, 11) is 1.75. The first kappa shape index (κ1) is 9.66. The van der Waals surface area contributed by atoms with Gasteiger partial charge in [-0.05, 0) is 12.1 Å². The molecule has 0 saturated heterocycles. The minimum absolute atomic E-state index is 0.357. The van der Waals surface area contributed by atoms with Gasteiger partial charge >= 0.3 is 0 Å². The average Bonchev–Trinajstić information content (AvgIpc) is 2.37. The Morgan fingerprint density at radius 2 is 2.38 bits per heavy atom. The fourth-order valence-electron chi connectivity index (χ4n) is 1.14. The lowest BCUT2D eigenvalue weighted by atomic mass is 10.4. The van der Waals surface area contributed by atoms with Gasteiger partial charge in [0.2, 0.25) is 0 Å². The molecule has 0 unspecified atom stereocenters. The van der Waals surface area contributed by atoms with Gasteiger partial charge in [-0.3, -0.25) is 4.68 Å². The second kappa shape index (κ2) is 3.99. The van der Waals surface area contributed by atoms with Crippen LogP contribution in [0.2, 0.25) is 0 Å². The summed E-state index contributed by atoms with van der Waals surface area (Å²) in [6.45, 7) is 2.84. The highest BCUT2D eigenvalue weighted by molar-refractivity contribution is 5.63. The van der Waals surface area contributed by atoms with Gasteiger partial charge in [0.1, 0.15) is 0 Å². The molecule has 0 fully saturated rings. The maximum atomic E-state index is 10.5. The molecule has 0 aliphatic rings. The van der Waals surface area contributed by atoms with E-state index in [0.29, 0.717) is 30.3 Å². The smallest absolute Gasteiger partial charge is 0.172 e. The highest BCUT2D eigenvalue weighted by atomic mass is 16.3. The molecule has 1 rings (SSSR count). The number of anilines is 1. The monoisotopic (exact) mass is 183 g/mol. The summed E-state index contributed by atoms with van der Waals surface area (Å²) in [6, 6.07) is 0. The van der Waals surface area contributed by atoms with Crippen molar-refractivity contribution in [2.24, 2.45) is 18.0 Å². The van der Waals surface area contributed by atoms with Crippen LogP contribution in [0.25, 0.3) is 0 Å². The van der Waals surface area contributed by atoms with Gasteiger partial charge in [0.25, 0.3) is 0 Å². The maximum absolute atomic E-state index is 10.5. The zero-order valence-electron chi connectivity index (χ0n) is 7.74. The average molecular weight is 183 g/mol. The minimum atomic E-state index is 0.357. The van der Waals surface area contributed by atoms with E-state index in [1.54, 1.807) is 18.7 Å². The maximum Gasteiger partial charge on any atom is 0.172 e. The van der Waals surface area contributed by atoms with Gasteiger partial charge in [0.15, 0.2) is 11.5 Å². The summed E-state index contributed by atoms with van der Waals surface area (Å²) in [5, 5.41) is 9.95. The highest BCUT2D eigenvalue weighted by Gasteiger charge is 2.12. The van der Waals surface area contributed by atoms with Crippen LogP contribution in [0.5, 0.6) is 0 Å². The molecule has 0 atom stereocenters. The summed E-state index contributed by atoms with van der Waals surface area (Å²) < 4.78 is 1.59. The van der Waals surface area contributed by atoms with E-state index in [1.165, 1.54) is 0 Å². The number of hydrogen-bond acceptors (Lipinski definition) is 5. The van der Waals surface area contributed by atoms with Crippen LogP contribution in [0.4, 0.5) is 11.5 Å². The number of aromatic nitrogens is 2. The van der Waals surface area contributed by atoms with Crippen molar-refractivity contribution in [3.8, 4) is 0 Å². The van der Waals surface area contributed by atoms with Gasteiger partial charge in [-0.25, -0.2) is 0 Å². The largest absolute Gasteiger partial charge is 0.367 e. The Bertz CT molecular complexity index is 306. The fraction of sp³-hybridized carbons (Fsp3) is 0.571. The SMILES string of the molecule is Cc1nn(C)c(NCCN)c1N=O. The number of rotatable bonds is 4. The number of nitroso groups, excluding NO2 is 1. The van der Waals surface area contributed by atoms with Gasteiger partial charge in [-0.15, -0.1) is 4.91 Å². The van der Waals surface area contributed by atoms with Crippen molar-refractivity contribution in [2.45, 2.75) is 6.92 Å². The summed E-state index contributed by atoms with van der Waals surface area (Å²) in [5.74, 6) is 0.623. The third-order valence-electron chi connectivity index (χ3n) is 1.72. The lowest BCUT2D eigenvalue weighted by Crippen LogP contribution is -2.15. The third-order valence-corrected chi connectivity index (χ3v) is 1.72. The van der Waals surface area contributed by atoms with Crippen LogP contribution in [0, 0.1) is 11.8 Å². The van der Waals surface area contributed by atoms with E-state index in [4.69, 9.17) is 5.73 Å². The van der Waals surface area contributed by atoms with E-state index in [9.17, 15) is 4.91 Å². The van der Waals surface area contributed by atoms with Crippen LogP contribution in [0.15, 0.2) is 5.18 Å². The molecular weight excluding hydrogens is 170 g/mol. The number of nitrogens with one attached hydrogen (secondary N) is 1. The Labute approximate surface area is 76.1 Å². The molecule has 0 radical (unpaired) electrons. The van der Waals surface area contributed by atoms with Crippen LogP contribution in [0.1, 0.15) is 5.69 Å². The van der Waals surface area contributed by atoms with E-state index in [2.05, 4.69) is 15.6 Å². The van der Waals surface area contributed by atoms with Gasteiger partial charge in [0.05, 0.1) is 5.69 Å². The Hall–Kier alpha value is -1.43. The molecule has 0 spiro atoms. The van der Waals surface area contributed by atoms with Crippen LogP contribution in [0.3, 0.4) is 0 Å². The zero-order chi connectivity index (χ0) is 9.84. The second-order valence-corrected chi connectivity index (χ2v) is 2.71. The molecule has 1 aromatic heterocycles. The molecule has 13 heavy (non-hydrogen) atoms. The molecule has 6 heteroatoms. The predicted molar refractivity (Wildman–Crippen MR) is 50.9 cm³/mol. The summed E-state index contributed by atoms with van der Waals surface area (Å²) in [4.78, 5) is 10.5. The van der Waals surface area contributed by atoms with Crippen LogP contribution >= 0.6 is 0 Å². The van der Waals surface area contributed by atoms with E-state index in [1.807, 2.05) is 0 Å². The highest BCUT2D eigenvalue weighted by Crippen LogP contribution is 2.27. The molecule has 1 heterocycles. The minimum Gasteiger partial charge on any atom is -0.367 e. The number of aryl methyl sites for hydroxylation is 2. The Balaban J connectivity index is 2.95. The number of hydrogen-bond donors (Lipinski definition) is 2. The molecule has 0 saturated carbocycles. The molecule has 0 aliphatic heterocycles. The zero-order valence-corrected chi connectivity index (χ0v) is 7.74. The first-order valence-corrected chi connectivity index (χ1v) is 4.01. The Kier molecular flexibility index (Phi) is 2.97. The topological polar surface area (TPSA) is 85.3 Å². The lowest BCUT2D eigenvalue weighted by Gasteiger charge is -2.03. The fourth-order valence-corrected chi connectivity index (χ4v) is 1.14. The van der Waals surface area contributed by atoms with Crippen LogP contribution in [-0.4, -0.2) is 22.9 Å². The quantitative estimate of drug-likeness (QED) is 0.665. The normalized spacial score (nSPS) is 10.1. The van der Waals surface area contributed by atoms with Crippen molar-refractivity contribution in [2.75, 3.05) is 18.4 Å². The third kappa shape index (κ3) is 1.83. The van der Waals surface area contributed by atoms with E-state index in [0.717, 1.165) is 0 Å². The first-order valence-electron chi connectivity index (χ1n) is 4.01. The molecule has 6 nitrogen and oxygen atoms in total. The molecule has 0 aliphatic carbocycles. The van der Waals surface area contributed by atoms with Crippen molar-refractivity contribution in [1.82, 2.24) is 9.78 Å². The van der Waals surface area contributed by atoms with E-state index >= 15 is 0 Å². The van der Waals surface area contributed by atoms with Crippen molar-refractivity contribution < 1.29 is 0 Å². The summed E-state index contributed by atoms with van der Waals surface area (Å²) >= 11 is 0. The van der Waals surface area contributed by atoms with E-state index < -0.39 is 0 Å². The Morgan fingerprint density at radius 1 is 1.69 bits per heavy atom. The van der Waals surface area contributed by atoms with Crippen molar-refractivity contribution in [3.05, 3.63) is 10.6 Å². The second-order valence-electron chi connectivity index (χ2n) is 2.71. The number of nitrogens with zero attached hydrogens (tertiary/aromatic N) is 3. The lowest BCUT2D eigenvalue weighted by molar-refractivity contribution is 0.758. The predicted octanol–water partition coefficient (Wildman–Crippen LogP) is 0.497. The molecule has 0 amide bonds. The van der Waals surface area contributed by atoms with Gasteiger partial charge in [0, 0.05) is 20.1 Å². The van der Waals surface area contributed by atoms with Crippen molar-refractivity contribution >= 4 is 11.5 Å². The summed E-state index contributed by atoms with van der Waals surface area (Å²) in [5.41, 5.74) is 6.30. The number of nitrogens with two attached hydrogens (primary N) is 1. The van der Waals surface area contributed by atoms with Crippen LogP contribution < -0.4 is 11.1 Å². The van der Waals surface area contributed by atoms with Gasteiger partial charge in [-0.2, -0.15) is 5.10 Å². The molecule has 1 aromatic rings. The van der Waals surface area contributed by atoms with Crippen LogP contribution in [-0.2, 0) is 7.05 Å². The summed E-state index contributed by atoms with van der Waals surface area (Å²) in [6.07, 6.45) is 0. The first-order chi connectivity index (χ1) is 6.20. The Morgan fingerprint density at radius 3 is 2.92 bits per heavy atom. The van der Waals surface area contributed by atoms with Crippen molar-refractivity contribution in [3.63, 3.8) is 0 Å². The van der Waals surface area contributed by atoms with Gasteiger partial charge < -0.3 is 11.1 Å². The van der Waals surface area contributed by atoms with Crippen molar-refractivity contribution in [1.29, 1.82) is 0 Å². The molecule has 0 bridgehead atoms. The molecule has 72 valence electrons.